The van der Waals surface area contributed by atoms with Gasteiger partial charge in [-0.15, -0.1) is 0 Å². The molecule has 1 aliphatic rings. The van der Waals surface area contributed by atoms with E-state index < -0.39 is 0 Å². The minimum absolute atomic E-state index is 0.763. The molecule has 1 N–H and O–H groups in total. The van der Waals surface area contributed by atoms with Gasteiger partial charge in [-0.1, -0.05) is 31.5 Å². The van der Waals surface area contributed by atoms with Crippen LogP contribution in [0.25, 0.3) is 0 Å². The second-order valence-corrected chi connectivity index (χ2v) is 6.65. The van der Waals surface area contributed by atoms with Crippen molar-refractivity contribution in [2.45, 2.75) is 33.7 Å². The summed E-state index contributed by atoms with van der Waals surface area (Å²) in [5.41, 5.74) is 4.15. The molecular weight excluding hydrogens is 260 g/mol. The van der Waals surface area contributed by atoms with Crippen LogP contribution in [0.5, 0.6) is 0 Å². The van der Waals surface area contributed by atoms with Crippen molar-refractivity contribution in [3.05, 3.63) is 29.3 Å². The molecule has 118 valence electrons. The number of piperidine rings is 1. The van der Waals surface area contributed by atoms with E-state index in [1.54, 1.807) is 7.11 Å². The number of hydrogen-bond donors (Lipinski definition) is 1. The Morgan fingerprint density at radius 2 is 1.95 bits per heavy atom. The second kappa shape index (κ2) is 7.81. The van der Waals surface area contributed by atoms with Crippen LogP contribution in [0, 0.1) is 18.8 Å². The first kappa shape index (κ1) is 16.3. The standard InChI is InChI=1S/C18H30N2O/c1-14-5-6-18(17(10-14)11-19-7-8-21-4)20-12-15(2)9-16(3)13-20/h5-6,10,15-16,19H,7-9,11-13H2,1-4H3. The predicted molar refractivity (Wildman–Crippen MR) is 89.9 cm³/mol. The lowest BCUT2D eigenvalue weighted by Crippen LogP contribution is -2.39. The smallest absolute Gasteiger partial charge is 0.0587 e. The van der Waals surface area contributed by atoms with E-state index in [1.165, 1.54) is 36.3 Å². The minimum Gasteiger partial charge on any atom is -0.383 e. The van der Waals surface area contributed by atoms with E-state index in [1.807, 2.05) is 0 Å². The summed E-state index contributed by atoms with van der Waals surface area (Å²) in [6, 6.07) is 6.85. The Bertz CT molecular complexity index is 437. The Balaban J connectivity index is 2.10. The van der Waals surface area contributed by atoms with E-state index >= 15 is 0 Å². The molecule has 0 aromatic heterocycles. The first-order valence-corrected chi connectivity index (χ1v) is 8.14. The lowest BCUT2D eigenvalue weighted by atomic mass is 9.91. The number of nitrogens with zero attached hydrogens (tertiary/aromatic N) is 1. The van der Waals surface area contributed by atoms with Crippen LogP contribution in [0.4, 0.5) is 5.69 Å². The number of rotatable bonds is 6. The molecule has 1 aromatic rings. The average molecular weight is 290 g/mol. The average Bonchev–Trinajstić information content (AvgIpc) is 2.42. The van der Waals surface area contributed by atoms with Gasteiger partial charge in [0.1, 0.15) is 0 Å². The number of nitrogens with one attached hydrogen (secondary N) is 1. The molecule has 21 heavy (non-hydrogen) atoms. The zero-order valence-electron chi connectivity index (χ0n) is 14.0. The second-order valence-electron chi connectivity index (χ2n) is 6.65. The molecule has 2 rings (SSSR count). The fourth-order valence-corrected chi connectivity index (χ4v) is 3.42. The Hall–Kier alpha value is -1.06. The maximum Gasteiger partial charge on any atom is 0.0587 e. The molecule has 0 spiro atoms. The molecular formula is C18H30N2O. The lowest BCUT2D eigenvalue weighted by molar-refractivity contribution is 0.199. The molecule has 0 bridgehead atoms. The molecule has 2 atom stereocenters. The van der Waals surface area contributed by atoms with Crippen molar-refractivity contribution >= 4 is 5.69 Å². The summed E-state index contributed by atoms with van der Waals surface area (Å²) in [6.07, 6.45) is 1.35. The van der Waals surface area contributed by atoms with Gasteiger partial charge in [0, 0.05) is 39.0 Å². The number of benzene rings is 1. The summed E-state index contributed by atoms with van der Waals surface area (Å²) in [7, 11) is 1.75. The summed E-state index contributed by atoms with van der Waals surface area (Å²) >= 11 is 0. The van der Waals surface area contributed by atoms with Crippen LogP contribution in [0.3, 0.4) is 0 Å². The van der Waals surface area contributed by atoms with E-state index in [2.05, 4.69) is 49.2 Å². The van der Waals surface area contributed by atoms with E-state index in [4.69, 9.17) is 4.74 Å². The van der Waals surface area contributed by atoms with Crippen molar-refractivity contribution in [1.82, 2.24) is 5.32 Å². The number of aryl methyl sites for hydroxylation is 1. The summed E-state index contributed by atoms with van der Waals surface area (Å²) in [5, 5.41) is 3.48. The van der Waals surface area contributed by atoms with Gasteiger partial charge in [0.05, 0.1) is 6.61 Å². The molecule has 3 heteroatoms. The number of hydrogen-bond acceptors (Lipinski definition) is 3. The zero-order valence-corrected chi connectivity index (χ0v) is 14.0. The Labute approximate surface area is 129 Å². The van der Waals surface area contributed by atoms with Crippen LogP contribution in [-0.2, 0) is 11.3 Å². The molecule has 0 aliphatic carbocycles. The van der Waals surface area contributed by atoms with Crippen molar-refractivity contribution in [3.8, 4) is 0 Å². The Morgan fingerprint density at radius 3 is 2.62 bits per heavy atom. The van der Waals surface area contributed by atoms with E-state index in [0.717, 1.165) is 31.5 Å². The van der Waals surface area contributed by atoms with E-state index in [9.17, 15) is 0 Å². The van der Waals surface area contributed by atoms with Gasteiger partial charge in [0.25, 0.3) is 0 Å². The third-order valence-electron chi connectivity index (χ3n) is 4.24. The summed E-state index contributed by atoms with van der Waals surface area (Å²) in [4.78, 5) is 2.58. The van der Waals surface area contributed by atoms with Crippen molar-refractivity contribution in [2.24, 2.45) is 11.8 Å². The number of ether oxygens (including phenoxy) is 1. The van der Waals surface area contributed by atoms with Gasteiger partial charge in [-0.05, 0) is 36.8 Å². The van der Waals surface area contributed by atoms with Crippen LogP contribution in [0.2, 0.25) is 0 Å². The summed E-state index contributed by atoms with van der Waals surface area (Å²) in [6.45, 7) is 11.8. The van der Waals surface area contributed by atoms with Gasteiger partial charge in [-0.3, -0.25) is 0 Å². The molecule has 1 heterocycles. The third kappa shape index (κ3) is 4.72. The maximum absolute atomic E-state index is 5.11. The van der Waals surface area contributed by atoms with Crippen molar-refractivity contribution in [3.63, 3.8) is 0 Å². The summed E-state index contributed by atoms with van der Waals surface area (Å²) < 4.78 is 5.11. The molecule has 1 saturated heterocycles. The maximum atomic E-state index is 5.11. The van der Waals surface area contributed by atoms with Crippen molar-refractivity contribution < 1.29 is 4.74 Å². The van der Waals surface area contributed by atoms with E-state index in [-0.39, 0.29) is 0 Å². The van der Waals surface area contributed by atoms with Gasteiger partial charge in [-0.2, -0.15) is 0 Å². The first-order valence-electron chi connectivity index (χ1n) is 8.14. The van der Waals surface area contributed by atoms with Gasteiger partial charge in [0.15, 0.2) is 0 Å². The van der Waals surface area contributed by atoms with Gasteiger partial charge >= 0.3 is 0 Å². The largest absolute Gasteiger partial charge is 0.383 e. The Morgan fingerprint density at radius 1 is 1.24 bits per heavy atom. The van der Waals surface area contributed by atoms with Gasteiger partial charge in [-0.25, -0.2) is 0 Å². The fraction of sp³-hybridized carbons (Fsp3) is 0.667. The van der Waals surface area contributed by atoms with Crippen LogP contribution in [0.1, 0.15) is 31.4 Å². The molecule has 1 fully saturated rings. The topological polar surface area (TPSA) is 24.5 Å². The molecule has 0 saturated carbocycles. The van der Waals surface area contributed by atoms with Gasteiger partial charge in [0.2, 0.25) is 0 Å². The normalized spacial score (nSPS) is 22.6. The van der Waals surface area contributed by atoms with Gasteiger partial charge < -0.3 is 15.0 Å². The van der Waals surface area contributed by atoms with Crippen LogP contribution in [0.15, 0.2) is 18.2 Å². The monoisotopic (exact) mass is 290 g/mol. The molecule has 1 aliphatic heterocycles. The molecule has 1 aromatic carbocycles. The van der Waals surface area contributed by atoms with E-state index in [0.29, 0.717) is 0 Å². The highest BCUT2D eigenvalue weighted by atomic mass is 16.5. The highest BCUT2D eigenvalue weighted by Crippen LogP contribution is 2.29. The highest BCUT2D eigenvalue weighted by molar-refractivity contribution is 5.55. The van der Waals surface area contributed by atoms with Crippen molar-refractivity contribution in [2.75, 3.05) is 38.3 Å². The first-order chi connectivity index (χ1) is 10.1. The lowest BCUT2D eigenvalue weighted by Gasteiger charge is -2.37. The fourth-order valence-electron chi connectivity index (χ4n) is 3.42. The molecule has 3 nitrogen and oxygen atoms in total. The molecule has 0 radical (unpaired) electrons. The summed E-state index contributed by atoms with van der Waals surface area (Å²) in [5.74, 6) is 1.56. The minimum atomic E-state index is 0.763. The molecule has 0 amide bonds. The number of anilines is 1. The highest BCUT2D eigenvalue weighted by Gasteiger charge is 2.23. The number of methoxy groups -OCH3 is 1. The van der Waals surface area contributed by atoms with Crippen LogP contribution in [-0.4, -0.2) is 33.4 Å². The molecule has 2 unspecified atom stereocenters. The quantitative estimate of drug-likeness (QED) is 0.814. The van der Waals surface area contributed by atoms with Crippen molar-refractivity contribution in [1.29, 1.82) is 0 Å². The van der Waals surface area contributed by atoms with Crippen LogP contribution >= 0.6 is 0 Å². The third-order valence-corrected chi connectivity index (χ3v) is 4.24. The predicted octanol–water partition coefficient (Wildman–Crippen LogP) is 3.21. The Kier molecular flexibility index (Phi) is 6.07. The zero-order chi connectivity index (χ0) is 15.2. The van der Waals surface area contributed by atoms with Crippen LogP contribution < -0.4 is 10.2 Å². The SMILES string of the molecule is COCCNCc1cc(C)ccc1N1CC(C)CC(C)C1.